The number of imidazole rings is 1. The van der Waals surface area contributed by atoms with Gasteiger partial charge in [0, 0.05) is 18.9 Å². The number of pyridine rings is 1. The Morgan fingerprint density at radius 3 is 3.25 bits per heavy atom. The lowest BCUT2D eigenvalue weighted by Gasteiger charge is -2.04. The van der Waals surface area contributed by atoms with Gasteiger partial charge in [-0.2, -0.15) is 0 Å². The normalized spacial score (nSPS) is 10.6. The van der Waals surface area contributed by atoms with Crippen LogP contribution in [0.5, 0.6) is 0 Å². The molecule has 0 aliphatic carbocycles. The number of carbonyl (C=O) groups is 1. The van der Waals surface area contributed by atoms with Crippen LogP contribution in [0.2, 0.25) is 0 Å². The molecule has 1 N–H and O–H groups in total. The first-order valence-corrected chi connectivity index (χ1v) is 5.70. The zero-order chi connectivity index (χ0) is 11.5. The summed E-state index contributed by atoms with van der Waals surface area (Å²) in [6.07, 6.45) is 3.58. The Labute approximate surface area is 106 Å². The standard InChI is InChI=1S/C10H10IN3O2/c1-16-6-13-10(15)7-2-3-14-8(11)5-12-9(14)4-7/h2-5H,6H2,1H3,(H,13,15). The molecule has 2 aromatic heterocycles. The second-order valence-electron chi connectivity index (χ2n) is 3.16. The Hall–Kier alpha value is -1.15. The number of carbonyl (C=O) groups excluding carboxylic acids is 1. The SMILES string of the molecule is COCNC(=O)c1ccn2c(I)cnc2c1. The van der Waals surface area contributed by atoms with E-state index in [-0.39, 0.29) is 12.6 Å². The molecule has 0 fully saturated rings. The summed E-state index contributed by atoms with van der Waals surface area (Å²) in [7, 11) is 1.53. The average Bonchev–Trinajstić information content (AvgIpc) is 2.67. The van der Waals surface area contributed by atoms with Crippen molar-refractivity contribution >= 4 is 34.1 Å². The van der Waals surface area contributed by atoms with Gasteiger partial charge in [-0.15, -0.1) is 0 Å². The van der Waals surface area contributed by atoms with Crippen molar-refractivity contribution in [2.24, 2.45) is 0 Å². The van der Waals surface area contributed by atoms with E-state index in [0.29, 0.717) is 5.56 Å². The number of halogens is 1. The van der Waals surface area contributed by atoms with Crippen LogP contribution in [0, 0.1) is 3.70 Å². The summed E-state index contributed by atoms with van der Waals surface area (Å²) in [5.74, 6) is -0.164. The molecule has 0 saturated heterocycles. The molecule has 0 spiro atoms. The van der Waals surface area contributed by atoms with Crippen molar-refractivity contribution < 1.29 is 9.53 Å². The van der Waals surface area contributed by atoms with Crippen LogP contribution in [0.1, 0.15) is 10.4 Å². The van der Waals surface area contributed by atoms with E-state index in [1.165, 1.54) is 7.11 Å². The Balaban J connectivity index is 2.29. The summed E-state index contributed by atoms with van der Waals surface area (Å²) in [5, 5.41) is 2.62. The Morgan fingerprint density at radius 1 is 1.69 bits per heavy atom. The predicted molar refractivity (Wildman–Crippen MR) is 67.3 cm³/mol. The highest BCUT2D eigenvalue weighted by atomic mass is 127. The molecule has 0 aromatic carbocycles. The number of hydrogen-bond donors (Lipinski definition) is 1. The maximum atomic E-state index is 11.6. The minimum absolute atomic E-state index is 0.164. The third-order valence-electron chi connectivity index (χ3n) is 2.11. The van der Waals surface area contributed by atoms with Crippen molar-refractivity contribution in [3.63, 3.8) is 0 Å². The predicted octanol–water partition coefficient (Wildman–Crippen LogP) is 1.27. The summed E-state index contributed by atoms with van der Waals surface area (Å²) < 4.78 is 7.69. The summed E-state index contributed by atoms with van der Waals surface area (Å²) in [6.45, 7) is 0.204. The number of nitrogens with one attached hydrogen (secondary N) is 1. The van der Waals surface area contributed by atoms with E-state index in [2.05, 4.69) is 32.9 Å². The maximum Gasteiger partial charge on any atom is 0.253 e. The van der Waals surface area contributed by atoms with Crippen LogP contribution in [0.25, 0.3) is 5.65 Å². The molecule has 16 heavy (non-hydrogen) atoms. The molecule has 0 unspecified atom stereocenters. The molecule has 0 aliphatic heterocycles. The number of methoxy groups -OCH3 is 1. The van der Waals surface area contributed by atoms with Gasteiger partial charge in [-0.25, -0.2) is 4.98 Å². The number of nitrogens with zero attached hydrogens (tertiary/aromatic N) is 2. The first-order chi connectivity index (χ1) is 7.72. The first-order valence-electron chi connectivity index (χ1n) is 4.62. The van der Waals surface area contributed by atoms with Crippen LogP contribution in [0.15, 0.2) is 24.5 Å². The third-order valence-corrected chi connectivity index (χ3v) is 2.91. The lowest BCUT2D eigenvalue weighted by molar-refractivity contribution is 0.0872. The highest BCUT2D eigenvalue weighted by molar-refractivity contribution is 14.1. The van der Waals surface area contributed by atoms with Gasteiger partial charge in [0.25, 0.3) is 5.91 Å². The Bertz CT molecular complexity index is 524. The van der Waals surface area contributed by atoms with Gasteiger partial charge in [-0.05, 0) is 34.7 Å². The number of ether oxygens (including phenoxy) is 1. The molecule has 0 saturated carbocycles. The van der Waals surface area contributed by atoms with E-state index in [0.717, 1.165) is 9.35 Å². The minimum atomic E-state index is -0.164. The van der Waals surface area contributed by atoms with Gasteiger partial charge >= 0.3 is 0 Å². The van der Waals surface area contributed by atoms with Crippen molar-refractivity contribution in [2.45, 2.75) is 0 Å². The van der Waals surface area contributed by atoms with Crippen LogP contribution < -0.4 is 5.32 Å². The van der Waals surface area contributed by atoms with Gasteiger partial charge in [0.1, 0.15) is 16.1 Å². The lowest BCUT2D eigenvalue weighted by Crippen LogP contribution is -2.25. The number of aromatic nitrogens is 2. The molecule has 2 heterocycles. The Morgan fingerprint density at radius 2 is 2.50 bits per heavy atom. The summed E-state index contributed by atoms with van der Waals surface area (Å²) in [5.41, 5.74) is 1.33. The molecular weight excluding hydrogens is 321 g/mol. The van der Waals surface area contributed by atoms with Gasteiger partial charge in [-0.1, -0.05) is 0 Å². The molecule has 2 rings (SSSR count). The van der Waals surface area contributed by atoms with Gasteiger partial charge < -0.3 is 10.1 Å². The zero-order valence-corrected chi connectivity index (χ0v) is 10.8. The minimum Gasteiger partial charge on any atom is -0.364 e. The van der Waals surface area contributed by atoms with Crippen molar-refractivity contribution in [3.05, 3.63) is 33.8 Å². The Kier molecular flexibility index (Phi) is 3.39. The van der Waals surface area contributed by atoms with Crippen molar-refractivity contribution in [1.29, 1.82) is 0 Å². The van der Waals surface area contributed by atoms with Gasteiger partial charge in [0.2, 0.25) is 0 Å². The monoisotopic (exact) mass is 331 g/mol. The molecule has 1 amide bonds. The number of amides is 1. The van der Waals surface area contributed by atoms with Crippen molar-refractivity contribution in [2.75, 3.05) is 13.8 Å². The fourth-order valence-corrected chi connectivity index (χ4v) is 1.88. The maximum absolute atomic E-state index is 11.6. The quantitative estimate of drug-likeness (QED) is 0.681. The zero-order valence-electron chi connectivity index (χ0n) is 8.61. The summed E-state index contributed by atoms with van der Waals surface area (Å²) in [4.78, 5) is 15.8. The first kappa shape index (κ1) is 11.3. The van der Waals surface area contributed by atoms with Crippen LogP contribution in [-0.2, 0) is 4.74 Å². The smallest absolute Gasteiger partial charge is 0.253 e. The van der Waals surface area contributed by atoms with E-state index in [1.54, 1.807) is 18.3 Å². The van der Waals surface area contributed by atoms with Crippen molar-refractivity contribution in [1.82, 2.24) is 14.7 Å². The molecule has 0 atom stereocenters. The lowest BCUT2D eigenvalue weighted by atomic mass is 10.2. The summed E-state index contributed by atoms with van der Waals surface area (Å²) in [6, 6.07) is 3.50. The molecule has 5 nitrogen and oxygen atoms in total. The number of rotatable bonds is 3. The van der Waals surface area contributed by atoms with Crippen LogP contribution in [-0.4, -0.2) is 29.1 Å². The van der Waals surface area contributed by atoms with Crippen LogP contribution in [0.4, 0.5) is 0 Å². The highest BCUT2D eigenvalue weighted by Gasteiger charge is 2.07. The average molecular weight is 331 g/mol. The van der Waals surface area contributed by atoms with E-state index in [1.807, 2.05) is 10.6 Å². The molecule has 84 valence electrons. The second-order valence-corrected chi connectivity index (χ2v) is 4.27. The number of fused-ring (bicyclic) bond motifs is 1. The van der Waals surface area contributed by atoms with Crippen LogP contribution >= 0.6 is 22.6 Å². The molecule has 2 aromatic rings. The van der Waals surface area contributed by atoms with E-state index >= 15 is 0 Å². The van der Waals surface area contributed by atoms with Gasteiger partial charge in [-0.3, -0.25) is 9.20 Å². The molecule has 0 aliphatic rings. The van der Waals surface area contributed by atoms with E-state index in [4.69, 9.17) is 4.74 Å². The van der Waals surface area contributed by atoms with E-state index < -0.39 is 0 Å². The second kappa shape index (κ2) is 4.79. The van der Waals surface area contributed by atoms with Crippen LogP contribution in [0.3, 0.4) is 0 Å². The van der Waals surface area contributed by atoms with E-state index in [9.17, 15) is 4.79 Å². The summed E-state index contributed by atoms with van der Waals surface area (Å²) >= 11 is 2.18. The number of hydrogen-bond acceptors (Lipinski definition) is 3. The highest BCUT2D eigenvalue weighted by Crippen LogP contribution is 2.11. The molecule has 0 radical (unpaired) electrons. The third kappa shape index (κ3) is 2.17. The molecule has 0 bridgehead atoms. The van der Waals surface area contributed by atoms with Gasteiger partial charge in [0.05, 0.1) is 6.20 Å². The fraction of sp³-hybridized carbons (Fsp3) is 0.200. The largest absolute Gasteiger partial charge is 0.364 e. The fourth-order valence-electron chi connectivity index (χ4n) is 1.33. The van der Waals surface area contributed by atoms with Crippen molar-refractivity contribution in [3.8, 4) is 0 Å². The molecule has 6 heteroatoms. The van der Waals surface area contributed by atoms with Gasteiger partial charge in [0.15, 0.2) is 0 Å². The topological polar surface area (TPSA) is 55.6 Å². The molecular formula is C10H10IN3O2.